The molecule has 1 unspecified atom stereocenters. The van der Waals surface area contributed by atoms with Crippen molar-refractivity contribution in [1.82, 2.24) is 9.97 Å². The Labute approximate surface area is 108 Å². The molecule has 1 atom stereocenters. The summed E-state index contributed by atoms with van der Waals surface area (Å²) in [5.41, 5.74) is 0. The van der Waals surface area contributed by atoms with Crippen molar-refractivity contribution in [1.29, 1.82) is 0 Å². The van der Waals surface area contributed by atoms with E-state index in [1.165, 1.54) is 6.33 Å². The molecule has 0 aliphatic heterocycles. The molecule has 0 fully saturated rings. The highest BCUT2D eigenvalue weighted by atomic mass is 16.5. The first-order valence-corrected chi connectivity index (χ1v) is 6.27. The van der Waals surface area contributed by atoms with Gasteiger partial charge in [0.2, 0.25) is 5.75 Å². The highest BCUT2D eigenvalue weighted by molar-refractivity contribution is 5.63. The topological polar surface area (TPSA) is 79.3 Å². The number of hydrogen-bond acceptors (Lipinski definition) is 6. The van der Waals surface area contributed by atoms with E-state index in [9.17, 15) is 5.11 Å². The summed E-state index contributed by atoms with van der Waals surface area (Å²) in [7, 11) is 1.58. The van der Waals surface area contributed by atoms with Crippen molar-refractivity contribution in [3.63, 3.8) is 0 Å². The van der Waals surface area contributed by atoms with E-state index in [2.05, 4.69) is 27.5 Å². The Morgan fingerprint density at radius 3 is 2.61 bits per heavy atom. The molecule has 0 amide bonds. The molecule has 0 spiro atoms. The van der Waals surface area contributed by atoms with Gasteiger partial charge in [-0.1, -0.05) is 13.8 Å². The number of aliphatic hydroxyl groups excluding tert-OH is 1. The normalized spacial score (nSPS) is 12.0. The molecule has 6 heteroatoms. The fraction of sp³-hybridized carbons (Fsp3) is 0.667. The minimum Gasteiger partial charge on any atom is -0.490 e. The van der Waals surface area contributed by atoms with Crippen LogP contribution < -0.4 is 15.4 Å². The van der Waals surface area contributed by atoms with Crippen LogP contribution in [0.4, 0.5) is 11.6 Å². The molecule has 3 N–H and O–H groups in total. The first-order valence-electron chi connectivity index (χ1n) is 6.27. The molecule has 6 nitrogen and oxygen atoms in total. The SMILES string of the molecule is CCCNc1ncnc(NC(CC)CO)c1OC. The van der Waals surface area contributed by atoms with Gasteiger partial charge in [0.25, 0.3) is 0 Å². The Bertz CT molecular complexity index is 356. The zero-order valence-electron chi connectivity index (χ0n) is 11.2. The smallest absolute Gasteiger partial charge is 0.204 e. The largest absolute Gasteiger partial charge is 0.490 e. The van der Waals surface area contributed by atoms with Gasteiger partial charge in [-0.25, -0.2) is 9.97 Å². The maximum Gasteiger partial charge on any atom is 0.204 e. The Hall–Kier alpha value is -1.56. The minimum atomic E-state index is -0.0344. The summed E-state index contributed by atoms with van der Waals surface area (Å²) in [6.07, 6.45) is 3.29. The molecule has 0 aliphatic carbocycles. The highest BCUT2D eigenvalue weighted by Crippen LogP contribution is 2.29. The van der Waals surface area contributed by atoms with Crippen molar-refractivity contribution >= 4 is 11.6 Å². The van der Waals surface area contributed by atoms with Crippen molar-refractivity contribution in [3.05, 3.63) is 6.33 Å². The molecule has 0 saturated carbocycles. The molecule has 1 aromatic rings. The molecule has 1 rings (SSSR count). The molecule has 0 aromatic carbocycles. The summed E-state index contributed by atoms with van der Waals surface area (Å²) in [6.45, 7) is 4.96. The van der Waals surface area contributed by atoms with Crippen LogP contribution in [0.1, 0.15) is 26.7 Å². The second kappa shape index (κ2) is 7.71. The second-order valence-electron chi connectivity index (χ2n) is 3.96. The molecular weight excluding hydrogens is 232 g/mol. The number of aromatic nitrogens is 2. The second-order valence-corrected chi connectivity index (χ2v) is 3.96. The van der Waals surface area contributed by atoms with Crippen LogP contribution in [-0.4, -0.2) is 41.4 Å². The lowest BCUT2D eigenvalue weighted by atomic mass is 10.2. The molecule has 0 bridgehead atoms. The zero-order valence-corrected chi connectivity index (χ0v) is 11.2. The van der Waals surface area contributed by atoms with Crippen LogP contribution in [0.2, 0.25) is 0 Å². The van der Waals surface area contributed by atoms with Gasteiger partial charge in [-0.15, -0.1) is 0 Å². The van der Waals surface area contributed by atoms with Gasteiger partial charge in [-0.3, -0.25) is 0 Å². The summed E-state index contributed by atoms with van der Waals surface area (Å²) in [5, 5.41) is 15.5. The predicted molar refractivity (Wildman–Crippen MR) is 72.2 cm³/mol. The molecule has 0 radical (unpaired) electrons. The Balaban J connectivity index is 2.89. The van der Waals surface area contributed by atoms with Crippen LogP contribution in [-0.2, 0) is 0 Å². The van der Waals surface area contributed by atoms with Crippen LogP contribution in [0.15, 0.2) is 6.33 Å². The van der Waals surface area contributed by atoms with E-state index in [0.717, 1.165) is 19.4 Å². The van der Waals surface area contributed by atoms with Crippen LogP contribution in [0, 0.1) is 0 Å². The van der Waals surface area contributed by atoms with Crippen molar-refractivity contribution in [2.45, 2.75) is 32.7 Å². The molecule has 102 valence electrons. The number of aliphatic hydroxyl groups is 1. The monoisotopic (exact) mass is 254 g/mol. The number of nitrogens with zero attached hydrogens (tertiary/aromatic N) is 2. The fourth-order valence-electron chi connectivity index (χ4n) is 1.51. The van der Waals surface area contributed by atoms with E-state index in [0.29, 0.717) is 17.4 Å². The number of nitrogens with one attached hydrogen (secondary N) is 2. The number of rotatable bonds is 8. The number of ether oxygens (including phenoxy) is 1. The minimum absolute atomic E-state index is 0.0344. The molecule has 1 aromatic heterocycles. The van der Waals surface area contributed by atoms with Gasteiger partial charge in [-0.05, 0) is 12.8 Å². The summed E-state index contributed by atoms with van der Waals surface area (Å²) in [5.74, 6) is 1.86. The molecule has 0 aliphatic rings. The molecule has 1 heterocycles. The Kier molecular flexibility index (Phi) is 6.21. The van der Waals surface area contributed by atoms with Crippen LogP contribution in [0.25, 0.3) is 0 Å². The van der Waals surface area contributed by atoms with Gasteiger partial charge >= 0.3 is 0 Å². The van der Waals surface area contributed by atoms with Gasteiger partial charge in [0.05, 0.1) is 19.8 Å². The van der Waals surface area contributed by atoms with E-state index < -0.39 is 0 Å². The third kappa shape index (κ3) is 3.73. The molecule has 18 heavy (non-hydrogen) atoms. The van der Waals surface area contributed by atoms with E-state index in [1.807, 2.05) is 6.92 Å². The van der Waals surface area contributed by atoms with Crippen molar-refractivity contribution in [3.8, 4) is 5.75 Å². The van der Waals surface area contributed by atoms with Gasteiger partial charge in [0, 0.05) is 6.54 Å². The quantitative estimate of drug-likeness (QED) is 0.652. The summed E-state index contributed by atoms with van der Waals surface area (Å²) in [4.78, 5) is 8.31. The number of methoxy groups -OCH3 is 1. The van der Waals surface area contributed by atoms with Crippen molar-refractivity contribution < 1.29 is 9.84 Å². The Morgan fingerprint density at radius 2 is 2.06 bits per heavy atom. The first kappa shape index (κ1) is 14.5. The van der Waals surface area contributed by atoms with Crippen LogP contribution in [0.3, 0.4) is 0 Å². The standard InChI is InChI=1S/C12H22N4O2/c1-4-6-13-11-10(18-3)12(15-8-14-11)16-9(5-2)7-17/h8-9,17H,4-7H2,1-3H3,(H2,13,14,15,16). The number of anilines is 2. The van der Waals surface area contributed by atoms with Crippen molar-refractivity contribution in [2.24, 2.45) is 0 Å². The van der Waals surface area contributed by atoms with E-state index in [-0.39, 0.29) is 12.6 Å². The zero-order chi connectivity index (χ0) is 13.4. The first-order chi connectivity index (χ1) is 8.76. The lowest BCUT2D eigenvalue weighted by Gasteiger charge is -2.18. The van der Waals surface area contributed by atoms with Crippen LogP contribution >= 0.6 is 0 Å². The fourth-order valence-corrected chi connectivity index (χ4v) is 1.51. The molecule has 0 saturated heterocycles. The van der Waals surface area contributed by atoms with Gasteiger partial charge < -0.3 is 20.5 Å². The van der Waals surface area contributed by atoms with Crippen LogP contribution in [0.5, 0.6) is 5.75 Å². The average molecular weight is 254 g/mol. The summed E-state index contributed by atoms with van der Waals surface area (Å²) >= 11 is 0. The summed E-state index contributed by atoms with van der Waals surface area (Å²) in [6, 6.07) is -0.0344. The highest BCUT2D eigenvalue weighted by Gasteiger charge is 2.14. The Morgan fingerprint density at radius 1 is 1.33 bits per heavy atom. The third-order valence-electron chi connectivity index (χ3n) is 2.60. The van der Waals surface area contributed by atoms with Crippen molar-refractivity contribution in [2.75, 3.05) is 30.9 Å². The lowest BCUT2D eigenvalue weighted by molar-refractivity contribution is 0.271. The summed E-state index contributed by atoms with van der Waals surface area (Å²) < 4.78 is 5.33. The van der Waals surface area contributed by atoms with Gasteiger partial charge in [0.15, 0.2) is 11.6 Å². The third-order valence-corrected chi connectivity index (χ3v) is 2.60. The van der Waals surface area contributed by atoms with E-state index in [1.54, 1.807) is 7.11 Å². The lowest BCUT2D eigenvalue weighted by Crippen LogP contribution is -2.24. The maximum absolute atomic E-state index is 9.20. The molecular formula is C12H22N4O2. The van der Waals surface area contributed by atoms with E-state index in [4.69, 9.17) is 4.74 Å². The van der Waals surface area contributed by atoms with Gasteiger partial charge in [0.1, 0.15) is 6.33 Å². The van der Waals surface area contributed by atoms with Gasteiger partial charge in [-0.2, -0.15) is 0 Å². The predicted octanol–water partition coefficient (Wildman–Crippen LogP) is 1.49. The average Bonchev–Trinajstić information content (AvgIpc) is 2.42. The van der Waals surface area contributed by atoms with E-state index >= 15 is 0 Å². The number of hydrogen-bond donors (Lipinski definition) is 3. The maximum atomic E-state index is 9.20.